The average molecular weight is 520 g/mol. The number of carbonyl (C=O) groups is 1. The van der Waals surface area contributed by atoms with Crippen LogP contribution in [-0.4, -0.2) is 101 Å². The van der Waals surface area contributed by atoms with Crippen LogP contribution in [0, 0.1) is 0 Å². The van der Waals surface area contributed by atoms with Crippen LogP contribution in [-0.2, 0) is 17.4 Å². The number of ether oxygens (including phenoxy) is 1. The van der Waals surface area contributed by atoms with Crippen LogP contribution in [0.3, 0.4) is 0 Å². The molecule has 0 bridgehead atoms. The number of benzene rings is 1. The van der Waals surface area contributed by atoms with Gasteiger partial charge in [0.25, 0.3) is 5.82 Å². The number of nitrogens with zero attached hydrogens (tertiary/aromatic N) is 7. The van der Waals surface area contributed by atoms with Gasteiger partial charge in [0.2, 0.25) is 0 Å². The van der Waals surface area contributed by atoms with Crippen molar-refractivity contribution in [2.75, 3.05) is 59.0 Å². The molecule has 3 aliphatic rings. The lowest BCUT2D eigenvalue weighted by Crippen LogP contribution is -2.47. The summed E-state index contributed by atoms with van der Waals surface area (Å²) in [5, 5.41) is 11.2. The van der Waals surface area contributed by atoms with E-state index in [0.717, 1.165) is 75.4 Å². The number of likely N-dealkylation sites (tertiary alicyclic amines) is 1. The smallest absolute Gasteiger partial charge is 0.453 e. The molecule has 0 saturated carbocycles. The third-order valence-corrected chi connectivity index (χ3v) is 7.43. The molecular formula is C25H32F3N7O2. The number of alkyl halides is 3. The topological polar surface area (TPSA) is 79.1 Å². The quantitative estimate of drug-likeness (QED) is 0.520. The number of carbonyl (C=O) groups excluding carboxylic acids is 1. The van der Waals surface area contributed by atoms with Crippen LogP contribution >= 0.6 is 0 Å². The Hall–Kier alpha value is -2.99. The summed E-state index contributed by atoms with van der Waals surface area (Å²) in [6, 6.07) is 8.26. The van der Waals surface area contributed by atoms with Crippen LogP contribution in [0.5, 0.6) is 5.75 Å². The van der Waals surface area contributed by atoms with Gasteiger partial charge >= 0.3 is 6.18 Å². The summed E-state index contributed by atoms with van der Waals surface area (Å²) in [4.78, 5) is 17.2. The van der Waals surface area contributed by atoms with Crippen molar-refractivity contribution in [2.45, 2.75) is 37.8 Å². The zero-order valence-electron chi connectivity index (χ0n) is 20.7. The summed E-state index contributed by atoms with van der Waals surface area (Å²) in [6.07, 6.45) is -0.817. The van der Waals surface area contributed by atoms with Crippen molar-refractivity contribution in [3.63, 3.8) is 0 Å². The van der Waals surface area contributed by atoms with E-state index in [1.165, 1.54) is 5.56 Å². The molecular weight excluding hydrogens is 487 g/mol. The van der Waals surface area contributed by atoms with E-state index in [0.29, 0.717) is 37.7 Å². The van der Waals surface area contributed by atoms with Crippen LogP contribution in [0.15, 0.2) is 29.4 Å². The Morgan fingerprint density at radius 3 is 2.32 bits per heavy atom. The normalized spacial score (nSPS) is 20.0. The number of aromatic nitrogens is 3. The molecule has 0 radical (unpaired) electrons. The summed E-state index contributed by atoms with van der Waals surface area (Å²) >= 11 is 0. The maximum Gasteiger partial charge on any atom is 0.453 e. The third-order valence-electron chi connectivity index (χ3n) is 7.43. The molecule has 0 amide bonds. The van der Waals surface area contributed by atoms with E-state index in [1.54, 1.807) is 0 Å². The van der Waals surface area contributed by atoms with Crippen molar-refractivity contribution in [1.82, 2.24) is 29.6 Å². The van der Waals surface area contributed by atoms with E-state index in [-0.39, 0.29) is 5.82 Å². The first-order valence-corrected chi connectivity index (χ1v) is 12.9. The summed E-state index contributed by atoms with van der Waals surface area (Å²) in [5.41, 5.74) is 1.25. The number of aryl methyl sites for hydroxylation is 1. The largest absolute Gasteiger partial charge is 0.492 e. The Morgan fingerprint density at radius 1 is 0.946 bits per heavy atom. The molecule has 2 saturated heterocycles. The number of hydrogen-bond donors (Lipinski definition) is 0. The highest BCUT2D eigenvalue weighted by molar-refractivity contribution is 5.83. The van der Waals surface area contributed by atoms with Gasteiger partial charge in [-0.1, -0.05) is 12.1 Å². The van der Waals surface area contributed by atoms with E-state index < -0.39 is 12.0 Å². The SMILES string of the molecule is O=CCN1CCN(CCOc2ccc(C3CCN(C4=Nn5c(nnc5C(F)(F)F)CC4)CC3)cc2)CC1. The van der Waals surface area contributed by atoms with Crippen LogP contribution in [0.2, 0.25) is 0 Å². The number of amidine groups is 1. The molecule has 37 heavy (non-hydrogen) atoms. The first-order chi connectivity index (χ1) is 17.9. The fraction of sp³-hybridized carbons (Fsp3) is 0.600. The van der Waals surface area contributed by atoms with Crippen LogP contribution in [0.1, 0.15) is 42.4 Å². The lowest BCUT2D eigenvalue weighted by Gasteiger charge is -2.35. The molecule has 2 fully saturated rings. The first kappa shape index (κ1) is 25.7. The van der Waals surface area contributed by atoms with Crippen molar-refractivity contribution in [3.8, 4) is 5.75 Å². The Kier molecular flexibility index (Phi) is 7.75. The first-order valence-electron chi connectivity index (χ1n) is 12.9. The minimum Gasteiger partial charge on any atom is -0.492 e. The molecule has 2 aromatic rings. The summed E-state index contributed by atoms with van der Waals surface area (Å²) < 4.78 is 46.4. The highest BCUT2D eigenvalue weighted by Gasteiger charge is 2.40. The maximum absolute atomic E-state index is 13.2. The van der Waals surface area contributed by atoms with Gasteiger partial charge in [0.05, 0.1) is 6.54 Å². The molecule has 200 valence electrons. The van der Waals surface area contributed by atoms with Crippen molar-refractivity contribution >= 4 is 12.1 Å². The number of fused-ring (bicyclic) bond motifs is 1. The Morgan fingerprint density at radius 2 is 1.65 bits per heavy atom. The molecule has 12 heteroatoms. The van der Waals surface area contributed by atoms with Gasteiger partial charge in [0.1, 0.15) is 24.5 Å². The Labute approximate surface area is 213 Å². The zero-order chi connectivity index (χ0) is 25.8. The lowest BCUT2D eigenvalue weighted by molar-refractivity contribution is -0.147. The minimum absolute atomic E-state index is 0.255. The molecule has 5 rings (SSSR count). The minimum atomic E-state index is -4.58. The predicted octanol–water partition coefficient (Wildman–Crippen LogP) is 2.48. The van der Waals surface area contributed by atoms with Gasteiger partial charge in [0, 0.05) is 58.7 Å². The van der Waals surface area contributed by atoms with E-state index in [1.807, 2.05) is 12.1 Å². The maximum atomic E-state index is 13.2. The Balaban J connectivity index is 1.08. The number of rotatable bonds is 7. The van der Waals surface area contributed by atoms with E-state index in [4.69, 9.17) is 4.74 Å². The molecule has 0 unspecified atom stereocenters. The second-order valence-corrected chi connectivity index (χ2v) is 9.75. The van der Waals surface area contributed by atoms with Gasteiger partial charge in [-0.3, -0.25) is 9.80 Å². The molecule has 3 aliphatic heterocycles. The van der Waals surface area contributed by atoms with E-state index in [2.05, 4.69) is 42.1 Å². The van der Waals surface area contributed by atoms with Gasteiger partial charge in [-0.25, -0.2) is 0 Å². The molecule has 0 spiro atoms. The summed E-state index contributed by atoms with van der Waals surface area (Å²) in [7, 11) is 0. The molecule has 0 aliphatic carbocycles. The monoisotopic (exact) mass is 519 g/mol. The molecule has 1 aromatic carbocycles. The van der Waals surface area contributed by atoms with Crippen LogP contribution < -0.4 is 4.74 Å². The van der Waals surface area contributed by atoms with Crippen molar-refractivity contribution in [2.24, 2.45) is 5.10 Å². The second-order valence-electron chi connectivity index (χ2n) is 9.75. The van der Waals surface area contributed by atoms with Gasteiger partial charge < -0.3 is 14.4 Å². The number of piperidine rings is 1. The molecule has 4 heterocycles. The Bertz CT molecular complexity index is 1090. The van der Waals surface area contributed by atoms with Crippen LogP contribution in [0.25, 0.3) is 0 Å². The van der Waals surface area contributed by atoms with E-state index >= 15 is 0 Å². The molecule has 0 atom stereocenters. The number of halogens is 3. The zero-order valence-corrected chi connectivity index (χ0v) is 20.7. The standard InChI is InChI=1S/C25H32F3N7O2/c26-25(27,28)24-30-29-22-5-6-23(31-35(22)24)34-9-7-20(8-10-34)19-1-3-21(4-2-19)37-18-16-33-13-11-32(12-14-33)15-17-36/h1-4,17,20H,5-16,18H2. The molecule has 9 nitrogen and oxygen atoms in total. The summed E-state index contributed by atoms with van der Waals surface area (Å²) in [6.45, 7) is 7.22. The highest BCUT2D eigenvalue weighted by Crippen LogP contribution is 2.32. The van der Waals surface area contributed by atoms with E-state index in [9.17, 15) is 18.0 Å². The fourth-order valence-electron chi connectivity index (χ4n) is 5.26. The second kappa shape index (κ2) is 11.2. The third kappa shape index (κ3) is 6.12. The number of piperazine rings is 1. The average Bonchev–Trinajstić information content (AvgIpc) is 3.35. The van der Waals surface area contributed by atoms with Gasteiger partial charge in [-0.15, -0.1) is 10.2 Å². The number of hydrogen-bond acceptors (Lipinski definition) is 8. The summed E-state index contributed by atoms with van der Waals surface area (Å²) in [5.74, 6) is 1.11. The van der Waals surface area contributed by atoms with Gasteiger partial charge in [0.15, 0.2) is 5.82 Å². The number of aldehydes is 1. The predicted molar refractivity (Wildman–Crippen MR) is 131 cm³/mol. The van der Waals surface area contributed by atoms with Crippen molar-refractivity contribution in [1.29, 1.82) is 0 Å². The fourth-order valence-corrected chi connectivity index (χ4v) is 5.26. The van der Waals surface area contributed by atoms with Gasteiger partial charge in [-0.05, 0) is 36.5 Å². The lowest BCUT2D eigenvalue weighted by atomic mass is 9.89. The molecule has 1 aromatic heterocycles. The van der Waals surface area contributed by atoms with Gasteiger partial charge in [-0.2, -0.15) is 22.9 Å². The highest BCUT2D eigenvalue weighted by atomic mass is 19.4. The molecule has 0 N–H and O–H groups in total. The van der Waals surface area contributed by atoms with Crippen molar-refractivity contribution < 1.29 is 22.7 Å². The van der Waals surface area contributed by atoms with Crippen LogP contribution in [0.4, 0.5) is 13.2 Å². The van der Waals surface area contributed by atoms with Crippen molar-refractivity contribution in [3.05, 3.63) is 41.5 Å².